The Bertz CT molecular complexity index is 3570. The Labute approximate surface area is 305 Å². The van der Waals surface area contributed by atoms with Crippen LogP contribution in [-0.4, -0.2) is 14.5 Å². The number of aromatic nitrogens is 3. The second-order valence-electron chi connectivity index (χ2n) is 14.1. The fourth-order valence-electron chi connectivity index (χ4n) is 9.12. The molecular weight excluding hydrogens is 667 g/mol. The van der Waals surface area contributed by atoms with Gasteiger partial charge in [-0.3, -0.25) is 4.57 Å². The van der Waals surface area contributed by atoms with Crippen LogP contribution in [-0.2, 0) is 0 Å². The summed E-state index contributed by atoms with van der Waals surface area (Å²) >= 11 is 1.83. The topological polar surface area (TPSA) is 43.9 Å². The van der Waals surface area contributed by atoms with E-state index in [-0.39, 0.29) is 0 Å². The Morgan fingerprint density at radius 3 is 2.08 bits per heavy atom. The van der Waals surface area contributed by atoms with Crippen molar-refractivity contribution in [1.82, 2.24) is 14.5 Å². The minimum Gasteiger partial charge on any atom is -0.456 e. The van der Waals surface area contributed by atoms with Crippen molar-refractivity contribution >= 4 is 97.1 Å². The molecule has 0 fully saturated rings. The van der Waals surface area contributed by atoms with Crippen LogP contribution in [0.5, 0.6) is 0 Å². The standard InChI is InChI=1S/C48H25N3OS/c1-2-10-26(11-3-1)28-24-27-20-21-35-44-41(27)32(25-28)29-13-8-17-37-43(29)46-38(52-37)23-22-36(45(44)46)51(35)48-47(49-33-15-5-6-16-34(33)50-48)31-14-9-19-40-42(31)30-12-4-7-18-39(30)53-40/h1-25H. The zero-order valence-electron chi connectivity index (χ0n) is 28.1. The van der Waals surface area contributed by atoms with E-state index in [0.29, 0.717) is 0 Å². The summed E-state index contributed by atoms with van der Waals surface area (Å²) in [5, 5.41) is 9.65. The number of furan rings is 1. The molecule has 0 amide bonds. The van der Waals surface area contributed by atoms with Crippen molar-refractivity contribution in [2.75, 3.05) is 0 Å². The third kappa shape index (κ3) is 3.59. The maximum atomic E-state index is 6.64. The molecule has 0 radical (unpaired) electrons. The van der Waals surface area contributed by atoms with Gasteiger partial charge in [0.2, 0.25) is 0 Å². The Balaban J connectivity index is 1.24. The molecule has 0 saturated carbocycles. The second kappa shape index (κ2) is 9.94. The Morgan fingerprint density at radius 2 is 1.17 bits per heavy atom. The Kier molecular flexibility index (Phi) is 5.22. The summed E-state index contributed by atoms with van der Waals surface area (Å²) in [5.74, 6) is 0.821. The molecule has 8 aromatic carbocycles. The van der Waals surface area contributed by atoms with E-state index in [9.17, 15) is 0 Å². The third-order valence-electron chi connectivity index (χ3n) is 11.3. The van der Waals surface area contributed by atoms with E-state index in [1.165, 1.54) is 64.0 Å². The monoisotopic (exact) mass is 691 g/mol. The number of nitrogens with zero attached hydrogens (tertiary/aromatic N) is 3. The largest absolute Gasteiger partial charge is 0.456 e. The van der Waals surface area contributed by atoms with Crippen molar-refractivity contribution in [2.24, 2.45) is 0 Å². The number of fused-ring (bicyclic) bond motifs is 5. The van der Waals surface area contributed by atoms with Gasteiger partial charge in [-0.25, -0.2) is 9.97 Å². The molecule has 4 nitrogen and oxygen atoms in total. The lowest BCUT2D eigenvalue weighted by Crippen LogP contribution is -2.04. The molecule has 0 spiro atoms. The lowest BCUT2D eigenvalue weighted by Gasteiger charge is -2.16. The molecule has 0 aliphatic heterocycles. The summed E-state index contributed by atoms with van der Waals surface area (Å²) < 4.78 is 11.5. The highest BCUT2D eigenvalue weighted by Gasteiger charge is 2.29. The zero-order chi connectivity index (χ0) is 34.4. The minimum atomic E-state index is 0.821. The van der Waals surface area contributed by atoms with Crippen molar-refractivity contribution in [3.8, 4) is 39.3 Å². The fourth-order valence-corrected chi connectivity index (χ4v) is 10.3. The van der Waals surface area contributed by atoms with E-state index in [2.05, 4.69) is 144 Å². The van der Waals surface area contributed by atoms with Gasteiger partial charge in [-0.2, -0.15) is 0 Å². The molecule has 0 unspecified atom stereocenters. The van der Waals surface area contributed by atoms with Gasteiger partial charge in [-0.05, 0) is 93.7 Å². The predicted octanol–water partition coefficient (Wildman–Crippen LogP) is 13.5. The molecule has 13 rings (SSSR count). The third-order valence-corrected chi connectivity index (χ3v) is 12.4. The number of hydrogen-bond acceptors (Lipinski definition) is 4. The van der Waals surface area contributed by atoms with Crippen LogP contribution in [0.25, 0.3) is 125 Å². The van der Waals surface area contributed by atoms with E-state index in [4.69, 9.17) is 14.4 Å². The molecule has 0 N–H and O–H groups in total. The number of hydrogen-bond donors (Lipinski definition) is 0. The van der Waals surface area contributed by atoms with E-state index in [0.717, 1.165) is 61.1 Å². The van der Waals surface area contributed by atoms with Crippen LogP contribution >= 0.6 is 11.3 Å². The van der Waals surface area contributed by atoms with Crippen LogP contribution in [0, 0.1) is 0 Å². The van der Waals surface area contributed by atoms with Crippen molar-refractivity contribution in [3.05, 3.63) is 152 Å². The molecule has 0 bridgehead atoms. The van der Waals surface area contributed by atoms with Gasteiger partial charge in [0.05, 0.1) is 22.1 Å². The van der Waals surface area contributed by atoms with E-state index < -0.39 is 0 Å². The fraction of sp³-hybridized carbons (Fsp3) is 0. The average molecular weight is 692 g/mol. The van der Waals surface area contributed by atoms with Crippen molar-refractivity contribution < 1.29 is 4.42 Å². The summed E-state index contributed by atoms with van der Waals surface area (Å²) in [6.45, 7) is 0. The molecular formula is C48H25N3OS. The van der Waals surface area contributed by atoms with Gasteiger partial charge in [0, 0.05) is 47.3 Å². The van der Waals surface area contributed by atoms with Gasteiger partial charge in [0.15, 0.2) is 5.82 Å². The molecule has 1 aliphatic rings. The van der Waals surface area contributed by atoms with E-state index >= 15 is 0 Å². The first-order chi connectivity index (χ1) is 26.3. The van der Waals surface area contributed by atoms with Crippen LogP contribution in [0.3, 0.4) is 0 Å². The maximum Gasteiger partial charge on any atom is 0.165 e. The quantitative estimate of drug-likeness (QED) is 0.185. The van der Waals surface area contributed by atoms with Gasteiger partial charge < -0.3 is 4.42 Å². The molecule has 1 aliphatic carbocycles. The van der Waals surface area contributed by atoms with Crippen LogP contribution in [0.4, 0.5) is 0 Å². The van der Waals surface area contributed by atoms with Gasteiger partial charge in [-0.15, -0.1) is 11.3 Å². The highest BCUT2D eigenvalue weighted by Crippen LogP contribution is 2.52. The minimum absolute atomic E-state index is 0.821. The molecule has 4 aromatic heterocycles. The van der Waals surface area contributed by atoms with Gasteiger partial charge in [-0.1, -0.05) is 91.0 Å². The lowest BCUT2D eigenvalue weighted by atomic mass is 9.91. The van der Waals surface area contributed by atoms with E-state index in [1.54, 1.807) is 0 Å². The normalized spacial score (nSPS) is 12.5. The number of para-hydroxylation sites is 2. The van der Waals surface area contributed by atoms with Crippen LogP contribution in [0.15, 0.2) is 156 Å². The highest BCUT2D eigenvalue weighted by molar-refractivity contribution is 7.25. The van der Waals surface area contributed by atoms with Crippen LogP contribution < -0.4 is 0 Å². The van der Waals surface area contributed by atoms with Gasteiger partial charge >= 0.3 is 0 Å². The predicted molar refractivity (Wildman–Crippen MR) is 221 cm³/mol. The molecule has 0 saturated heterocycles. The van der Waals surface area contributed by atoms with Gasteiger partial charge in [0.25, 0.3) is 0 Å². The molecule has 0 atom stereocenters. The second-order valence-corrected chi connectivity index (χ2v) is 15.1. The zero-order valence-corrected chi connectivity index (χ0v) is 28.9. The summed E-state index contributed by atoms with van der Waals surface area (Å²) in [6.07, 6.45) is 0. The summed E-state index contributed by atoms with van der Waals surface area (Å²) in [7, 11) is 0. The summed E-state index contributed by atoms with van der Waals surface area (Å²) in [5.41, 5.74) is 12.5. The molecule has 5 heteroatoms. The number of thiophene rings is 1. The first-order valence-corrected chi connectivity index (χ1v) is 18.7. The summed E-state index contributed by atoms with van der Waals surface area (Å²) in [6, 6.07) is 54.4. The first kappa shape index (κ1) is 27.8. The highest BCUT2D eigenvalue weighted by atomic mass is 32.1. The SMILES string of the molecule is c1ccc(-c2cc3c4c(ccc5c4c4c6c(ccc4n5-c4nc5ccccc5nc4-c4cccc5sc7ccccc7c45)oc4cccc-3c46)c2)cc1. The van der Waals surface area contributed by atoms with Crippen molar-refractivity contribution in [1.29, 1.82) is 0 Å². The van der Waals surface area contributed by atoms with Crippen LogP contribution in [0.2, 0.25) is 0 Å². The molecule has 244 valence electrons. The smallest absolute Gasteiger partial charge is 0.165 e. The first-order valence-electron chi connectivity index (χ1n) is 17.9. The molecule has 12 aromatic rings. The van der Waals surface area contributed by atoms with Crippen molar-refractivity contribution in [3.63, 3.8) is 0 Å². The lowest BCUT2D eigenvalue weighted by molar-refractivity contribution is 0.669. The van der Waals surface area contributed by atoms with E-state index in [1.807, 2.05) is 23.5 Å². The Hall–Kier alpha value is -6.82. The molecule has 53 heavy (non-hydrogen) atoms. The maximum absolute atomic E-state index is 6.64. The van der Waals surface area contributed by atoms with Gasteiger partial charge in [0.1, 0.15) is 16.9 Å². The van der Waals surface area contributed by atoms with Crippen molar-refractivity contribution in [2.45, 2.75) is 0 Å². The summed E-state index contributed by atoms with van der Waals surface area (Å²) in [4.78, 5) is 11.0. The Morgan fingerprint density at radius 1 is 0.453 bits per heavy atom. The number of benzene rings is 8. The van der Waals surface area contributed by atoms with Crippen LogP contribution in [0.1, 0.15) is 0 Å². The average Bonchev–Trinajstić information content (AvgIpc) is 3.87. The number of rotatable bonds is 3. The molecule has 4 heterocycles.